The van der Waals surface area contributed by atoms with Crippen molar-refractivity contribution in [2.24, 2.45) is 5.41 Å². The van der Waals surface area contributed by atoms with Gasteiger partial charge in [0.05, 0.1) is 15.5 Å². The number of benzene rings is 2. The lowest BCUT2D eigenvalue weighted by atomic mass is 10.1. The van der Waals surface area contributed by atoms with Crippen LogP contribution in [0.4, 0.5) is 4.39 Å². The fourth-order valence-electron chi connectivity index (χ4n) is 3.31. The van der Waals surface area contributed by atoms with E-state index in [0.29, 0.717) is 11.4 Å². The van der Waals surface area contributed by atoms with Crippen LogP contribution >= 0.6 is 11.6 Å². The normalized spacial score (nSPS) is 20.9. The van der Waals surface area contributed by atoms with Crippen LogP contribution in [0.3, 0.4) is 0 Å². The van der Waals surface area contributed by atoms with E-state index in [-0.39, 0.29) is 27.8 Å². The summed E-state index contributed by atoms with van der Waals surface area (Å²) in [6, 6.07) is 11.7. The Bertz CT molecular complexity index is 1130. The molecular formula is C19H17ClFN3O3S. The minimum absolute atomic E-state index is 0.159. The molecule has 1 saturated carbocycles. The minimum atomic E-state index is -3.66. The van der Waals surface area contributed by atoms with Gasteiger partial charge in [0.25, 0.3) is 5.89 Å². The molecule has 0 spiro atoms. The Morgan fingerprint density at radius 2 is 1.89 bits per heavy atom. The van der Waals surface area contributed by atoms with Crippen molar-refractivity contribution in [3.05, 3.63) is 65.2 Å². The van der Waals surface area contributed by atoms with Crippen LogP contribution in [-0.2, 0) is 10.0 Å². The molecule has 2 atom stereocenters. The average Bonchev–Trinajstić information content (AvgIpc) is 2.96. The molecule has 1 N–H and O–H groups in total. The standard InChI is InChI=1S/C19H17ClFN3O3S/c1-19(2)15(16(19)24-28(25,26)12-6-4-3-5-7-12)17-22-18(27-23-17)13-9-8-11(21)10-14(13)20/h3-10,15-16,24H,1-2H3/t15-,16-/m0/s1. The Balaban J connectivity index is 1.58. The molecular weight excluding hydrogens is 405 g/mol. The first kappa shape index (κ1) is 19.0. The van der Waals surface area contributed by atoms with Crippen molar-refractivity contribution < 1.29 is 17.3 Å². The van der Waals surface area contributed by atoms with Crippen LogP contribution in [0.15, 0.2) is 57.9 Å². The topological polar surface area (TPSA) is 85.1 Å². The maximum atomic E-state index is 13.2. The zero-order valence-corrected chi connectivity index (χ0v) is 16.6. The number of sulfonamides is 1. The van der Waals surface area contributed by atoms with Crippen molar-refractivity contribution in [1.29, 1.82) is 0 Å². The van der Waals surface area contributed by atoms with Crippen molar-refractivity contribution >= 4 is 21.6 Å². The van der Waals surface area contributed by atoms with Gasteiger partial charge in [0.1, 0.15) is 5.82 Å². The molecule has 0 bridgehead atoms. The molecule has 1 aliphatic carbocycles. The van der Waals surface area contributed by atoms with Crippen LogP contribution in [0.25, 0.3) is 11.5 Å². The van der Waals surface area contributed by atoms with Crippen LogP contribution in [-0.4, -0.2) is 24.6 Å². The first-order chi connectivity index (χ1) is 13.2. The SMILES string of the molecule is CC1(C)[C@H](c2noc(-c3ccc(F)cc3Cl)n2)[C@@H]1NS(=O)(=O)c1ccccc1. The highest BCUT2D eigenvalue weighted by Gasteiger charge is 2.62. The van der Waals surface area contributed by atoms with Gasteiger partial charge in [0, 0.05) is 12.0 Å². The maximum absolute atomic E-state index is 13.2. The van der Waals surface area contributed by atoms with E-state index in [9.17, 15) is 12.8 Å². The lowest BCUT2D eigenvalue weighted by molar-refractivity contribution is 0.419. The predicted molar refractivity (Wildman–Crippen MR) is 102 cm³/mol. The minimum Gasteiger partial charge on any atom is -0.334 e. The summed E-state index contributed by atoms with van der Waals surface area (Å²) in [6.45, 7) is 3.85. The van der Waals surface area contributed by atoms with Crippen molar-refractivity contribution in [3.8, 4) is 11.5 Å². The summed E-state index contributed by atoms with van der Waals surface area (Å²) in [5.74, 6) is -0.191. The summed E-state index contributed by atoms with van der Waals surface area (Å²) >= 11 is 6.05. The number of hydrogen-bond donors (Lipinski definition) is 1. The molecule has 0 unspecified atom stereocenters. The van der Waals surface area contributed by atoms with Gasteiger partial charge in [0.2, 0.25) is 10.0 Å². The number of nitrogens with one attached hydrogen (secondary N) is 1. The smallest absolute Gasteiger partial charge is 0.259 e. The predicted octanol–water partition coefficient (Wildman–Crippen LogP) is 4.00. The van der Waals surface area contributed by atoms with Crippen molar-refractivity contribution in [2.75, 3.05) is 0 Å². The molecule has 28 heavy (non-hydrogen) atoms. The largest absolute Gasteiger partial charge is 0.334 e. The highest BCUT2D eigenvalue weighted by atomic mass is 35.5. The third-order valence-electron chi connectivity index (χ3n) is 5.04. The zero-order valence-electron chi connectivity index (χ0n) is 15.1. The Morgan fingerprint density at radius 3 is 2.57 bits per heavy atom. The van der Waals surface area contributed by atoms with Crippen molar-refractivity contribution in [3.63, 3.8) is 0 Å². The second kappa shape index (κ2) is 6.65. The van der Waals surface area contributed by atoms with Crippen LogP contribution in [0.2, 0.25) is 5.02 Å². The van der Waals surface area contributed by atoms with Crippen LogP contribution in [0, 0.1) is 11.2 Å². The van der Waals surface area contributed by atoms with E-state index >= 15 is 0 Å². The summed E-state index contributed by atoms with van der Waals surface area (Å²) < 4.78 is 46.5. The van der Waals surface area contributed by atoms with E-state index < -0.39 is 21.3 Å². The molecule has 9 heteroatoms. The second-order valence-corrected chi connectivity index (χ2v) is 9.41. The lowest BCUT2D eigenvalue weighted by Gasteiger charge is -2.07. The molecule has 4 rings (SSSR count). The molecule has 6 nitrogen and oxygen atoms in total. The summed E-state index contributed by atoms with van der Waals surface area (Å²) in [4.78, 5) is 4.56. The number of nitrogens with zero attached hydrogens (tertiary/aromatic N) is 2. The van der Waals surface area contributed by atoms with Crippen molar-refractivity contribution in [2.45, 2.75) is 30.7 Å². The number of hydrogen-bond acceptors (Lipinski definition) is 5. The first-order valence-corrected chi connectivity index (χ1v) is 10.4. The lowest BCUT2D eigenvalue weighted by Crippen LogP contribution is -2.29. The molecule has 0 radical (unpaired) electrons. The second-order valence-electron chi connectivity index (χ2n) is 7.29. The summed E-state index contributed by atoms with van der Waals surface area (Å²) in [6.07, 6.45) is 0. The molecule has 1 heterocycles. The molecule has 0 aliphatic heterocycles. The Labute approximate surface area is 166 Å². The van der Waals surface area contributed by atoms with Gasteiger partial charge in [-0.05, 0) is 35.7 Å². The van der Waals surface area contributed by atoms with Crippen LogP contribution in [0.5, 0.6) is 0 Å². The summed E-state index contributed by atoms with van der Waals surface area (Å²) in [5.41, 5.74) is 0.0250. The molecule has 1 fully saturated rings. The average molecular weight is 422 g/mol. The van der Waals surface area contributed by atoms with Gasteiger partial charge >= 0.3 is 0 Å². The van der Waals surface area contributed by atoms with Gasteiger partial charge in [-0.2, -0.15) is 4.98 Å². The van der Waals surface area contributed by atoms with Gasteiger partial charge < -0.3 is 4.52 Å². The Hall–Kier alpha value is -2.29. The Morgan fingerprint density at radius 1 is 1.18 bits per heavy atom. The molecule has 146 valence electrons. The van der Waals surface area contributed by atoms with Gasteiger partial charge in [-0.3, -0.25) is 0 Å². The van der Waals surface area contributed by atoms with Gasteiger partial charge in [-0.1, -0.05) is 48.8 Å². The fourth-order valence-corrected chi connectivity index (χ4v) is 4.98. The molecule has 2 aromatic carbocycles. The zero-order chi connectivity index (χ0) is 20.1. The number of rotatable bonds is 5. The monoisotopic (exact) mass is 421 g/mol. The van der Waals surface area contributed by atoms with E-state index in [4.69, 9.17) is 16.1 Å². The molecule has 0 saturated heterocycles. The quantitative estimate of drug-likeness (QED) is 0.673. The molecule has 1 aliphatic rings. The van der Waals surface area contributed by atoms with Gasteiger partial charge in [0.15, 0.2) is 5.82 Å². The van der Waals surface area contributed by atoms with E-state index in [1.165, 1.54) is 30.3 Å². The summed E-state index contributed by atoms with van der Waals surface area (Å²) in [5, 5.41) is 4.15. The first-order valence-electron chi connectivity index (χ1n) is 8.56. The van der Waals surface area contributed by atoms with E-state index in [0.717, 1.165) is 0 Å². The van der Waals surface area contributed by atoms with Crippen LogP contribution in [0.1, 0.15) is 25.6 Å². The third-order valence-corrected chi connectivity index (χ3v) is 6.81. The maximum Gasteiger partial charge on any atom is 0.259 e. The van der Waals surface area contributed by atoms with Crippen LogP contribution < -0.4 is 4.72 Å². The highest BCUT2D eigenvalue weighted by molar-refractivity contribution is 7.89. The fraction of sp³-hybridized carbons (Fsp3) is 0.263. The van der Waals surface area contributed by atoms with Crippen molar-refractivity contribution in [1.82, 2.24) is 14.9 Å². The molecule has 3 aromatic rings. The molecule has 1 aromatic heterocycles. The Kier molecular flexibility index (Phi) is 4.52. The van der Waals surface area contributed by atoms with Gasteiger partial charge in [-0.25, -0.2) is 17.5 Å². The number of halogens is 2. The van der Waals surface area contributed by atoms with E-state index in [1.54, 1.807) is 18.2 Å². The highest BCUT2D eigenvalue weighted by Crippen LogP contribution is 2.58. The number of aromatic nitrogens is 2. The van der Waals surface area contributed by atoms with E-state index in [1.807, 2.05) is 13.8 Å². The van der Waals surface area contributed by atoms with Gasteiger partial charge in [-0.15, -0.1) is 0 Å². The third kappa shape index (κ3) is 3.32. The van der Waals surface area contributed by atoms with E-state index in [2.05, 4.69) is 14.9 Å². The summed E-state index contributed by atoms with van der Waals surface area (Å²) in [7, 11) is -3.66. The molecule has 0 amide bonds.